The number of hydrogen-bond donors (Lipinski definition) is 0. The maximum Gasteiger partial charge on any atom is -0.0170 e. The minimum atomic E-state index is 0.298. The fourth-order valence-electron chi connectivity index (χ4n) is 1.72. The average Bonchev–Trinajstić information content (AvgIpc) is 1.77. The molecule has 0 aromatic heterocycles. The van der Waals surface area contributed by atoms with E-state index >= 15 is 0 Å². The van der Waals surface area contributed by atoms with E-state index in [-0.39, 0.29) is 0 Å². The first kappa shape index (κ1) is 12.7. The predicted molar refractivity (Wildman–Crippen MR) is 61.8 cm³/mol. The molecule has 0 rings (SSSR count). The van der Waals surface area contributed by atoms with Crippen molar-refractivity contribution in [3.8, 4) is 0 Å². The Morgan fingerprint density at radius 3 is 1.38 bits per heavy atom. The lowest BCUT2D eigenvalue weighted by molar-refractivity contribution is 0.424. The summed E-state index contributed by atoms with van der Waals surface area (Å²) in [5.41, 5.74) is 2.17. The summed E-state index contributed by atoms with van der Waals surface area (Å²) in [6.45, 7) is 18.2. The maximum absolute atomic E-state index is 2.43. The Hall–Kier alpha value is -0.260. The third-order valence-electron chi connectivity index (χ3n) is 2.08. The van der Waals surface area contributed by atoms with E-state index in [1.54, 1.807) is 5.57 Å². The minimum Gasteiger partial charge on any atom is -0.0791 e. The quantitative estimate of drug-likeness (QED) is 0.517. The molecule has 0 aromatic carbocycles. The smallest absolute Gasteiger partial charge is 0.0170 e. The molecule has 0 saturated carbocycles. The molecule has 78 valence electrons. The Balaban J connectivity index is 4.95. The highest BCUT2D eigenvalue weighted by Gasteiger charge is 2.22. The second kappa shape index (κ2) is 3.86. The second-order valence-corrected chi connectivity index (χ2v) is 6.37. The topological polar surface area (TPSA) is 0 Å². The van der Waals surface area contributed by atoms with Crippen molar-refractivity contribution in [2.45, 2.75) is 55.4 Å². The van der Waals surface area contributed by atoms with Gasteiger partial charge in [-0.1, -0.05) is 67.0 Å². The van der Waals surface area contributed by atoms with E-state index in [9.17, 15) is 0 Å². The first-order valence-corrected chi connectivity index (χ1v) is 5.27. The van der Waals surface area contributed by atoms with Crippen LogP contribution in [-0.4, -0.2) is 0 Å². The van der Waals surface area contributed by atoms with E-state index in [4.69, 9.17) is 0 Å². The molecule has 0 aromatic rings. The molecule has 0 nitrogen and oxygen atoms in total. The summed E-state index contributed by atoms with van der Waals surface area (Å²) >= 11 is 0. The van der Waals surface area contributed by atoms with Crippen LogP contribution in [0, 0.1) is 16.7 Å². The zero-order valence-corrected chi connectivity index (χ0v) is 10.7. The van der Waals surface area contributed by atoms with Crippen LogP contribution < -0.4 is 0 Å². The van der Waals surface area contributed by atoms with Crippen molar-refractivity contribution in [3.05, 3.63) is 11.6 Å². The van der Waals surface area contributed by atoms with Crippen molar-refractivity contribution in [2.24, 2.45) is 16.7 Å². The molecule has 13 heavy (non-hydrogen) atoms. The number of hydrogen-bond acceptors (Lipinski definition) is 0. The van der Waals surface area contributed by atoms with Gasteiger partial charge in [-0.3, -0.25) is 0 Å². The molecule has 0 amide bonds. The monoisotopic (exact) mass is 182 g/mol. The third kappa shape index (κ3) is 5.13. The molecular formula is C13H26. The molecule has 0 spiro atoms. The molecule has 0 radical (unpaired) electrons. The molecule has 0 heteroatoms. The summed E-state index contributed by atoms with van der Waals surface area (Å²) in [4.78, 5) is 0. The fraction of sp³-hybridized carbons (Fsp3) is 0.846. The summed E-state index contributed by atoms with van der Waals surface area (Å²) in [7, 11) is 0. The lowest BCUT2D eigenvalue weighted by atomic mass is 9.76. The molecule has 0 fully saturated rings. The van der Waals surface area contributed by atoms with Crippen LogP contribution in [0.15, 0.2) is 11.6 Å². The van der Waals surface area contributed by atoms with Crippen LogP contribution >= 0.6 is 0 Å². The van der Waals surface area contributed by atoms with E-state index in [0.29, 0.717) is 16.7 Å². The van der Waals surface area contributed by atoms with Gasteiger partial charge in [0.2, 0.25) is 0 Å². The Labute approximate surface area is 84.4 Å². The first-order valence-electron chi connectivity index (χ1n) is 5.27. The molecule has 0 aliphatic carbocycles. The van der Waals surface area contributed by atoms with Gasteiger partial charge in [0.15, 0.2) is 0 Å². The van der Waals surface area contributed by atoms with Gasteiger partial charge in [-0.25, -0.2) is 0 Å². The van der Waals surface area contributed by atoms with Crippen LogP contribution in [0.3, 0.4) is 0 Å². The largest absolute Gasteiger partial charge is 0.0791 e. The van der Waals surface area contributed by atoms with E-state index in [0.717, 1.165) is 0 Å². The van der Waals surface area contributed by atoms with Gasteiger partial charge in [0.25, 0.3) is 0 Å². The van der Waals surface area contributed by atoms with Crippen molar-refractivity contribution in [3.63, 3.8) is 0 Å². The summed E-state index contributed by atoms with van der Waals surface area (Å²) in [6, 6.07) is 0. The Bertz CT molecular complexity index is 181. The van der Waals surface area contributed by atoms with Crippen LogP contribution in [0.25, 0.3) is 0 Å². The Morgan fingerprint density at radius 2 is 1.31 bits per heavy atom. The van der Waals surface area contributed by atoms with Crippen LogP contribution in [0.4, 0.5) is 0 Å². The zero-order valence-electron chi connectivity index (χ0n) is 10.7. The summed E-state index contributed by atoms with van der Waals surface area (Å²) in [6.07, 6.45) is 2.43. The van der Waals surface area contributed by atoms with Crippen molar-refractivity contribution in [1.82, 2.24) is 0 Å². The van der Waals surface area contributed by atoms with Gasteiger partial charge in [-0.15, -0.1) is 0 Å². The lowest BCUT2D eigenvalue weighted by Gasteiger charge is -2.29. The summed E-state index contributed by atoms with van der Waals surface area (Å²) < 4.78 is 0. The van der Waals surface area contributed by atoms with Gasteiger partial charge in [0, 0.05) is 0 Å². The van der Waals surface area contributed by atoms with Crippen molar-refractivity contribution in [1.29, 1.82) is 0 Å². The molecule has 0 bridgehead atoms. The summed E-state index contributed by atoms with van der Waals surface area (Å²) in [5.74, 6) is 0.652. The molecule has 0 aliphatic heterocycles. The standard InChI is InChI=1S/C13H26/c1-10(2)11(13(6,7)8)9-12(3,4)5/h9-10H,1-8H3/b11-9+. The maximum atomic E-state index is 2.43. The Kier molecular flexibility index (Phi) is 3.78. The van der Waals surface area contributed by atoms with Gasteiger partial charge < -0.3 is 0 Å². The minimum absolute atomic E-state index is 0.298. The van der Waals surface area contributed by atoms with Crippen LogP contribution in [0.1, 0.15) is 55.4 Å². The molecule has 0 unspecified atom stereocenters. The van der Waals surface area contributed by atoms with Crippen molar-refractivity contribution >= 4 is 0 Å². The number of allylic oxidation sites excluding steroid dienone is 2. The van der Waals surface area contributed by atoms with E-state index in [1.807, 2.05) is 0 Å². The van der Waals surface area contributed by atoms with Gasteiger partial charge >= 0.3 is 0 Å². The van der Waals surface area contributed by atoms with E-state index < -0.39 is 0 Å². The third-order valence-corrected chi connectivity index (χ3v) is 2.08. The normalized spacial score (nSPS) is 15.3. The second-order valence-electron chi connectivity index (χ2n) is 6.37. The first-order chi connectivity index (χ1) is 5.54. The Morgan fingerprint density at radius 1 is 0.923 bits per heavy atom. The molecule has 0 saturated heterocycles. The van der Waals surface area contributed by atoms with Crippen molar-refractivity contribution in [2.75, 3.05) is 0 Å². The zero-order chi connectivity index (χ0) is 10.9. The van der Waals surface area contributed by atoms with Crippen molar-refractivity contribution < 1.29 is 0 Å². The molecular weight excluding hydrogens is 156 g/mol. The predicted octanol–water partition coefficient (Wildman–Crippen LogP) is 4.66. The number of rotatable bonds is 1. The average molecular weight is 182 g/mol. The van der Waals surface area contributed by atoms with E-state index in [1.165, 1.54) is 0 Å². The highest BCUT2D eigenvalue weighted by Crippen LogP contribution is 2.34. The fourth-order valence-corrected chi connectivity index (χ4v) is 1.72. The van der Waals surface area contributed by atoms with Gasteiger partial charge in [-0.2, -0.15) is 0 Å². The highest BCUT2D eigenvalue weighted by atomic mass is 14.3. The van der Waals surface area contributed by atoms with Crippen LogP contribution in [0.2, 0.25) is 0 Å². The molecule has 0 heterocycles. The lowest BCUT2D eigenvalue weighted by Crippen LogP contribution is -2.17. The molecule has 0 atom stereocenters. The summed E-state index contributed by atoms with van der Waals surface area (Å²) in [5, 5.41) is 0. The van der Waals surface area contributed by atoms with E-state index in [2.05, 4.69) is 61.5 Å². The van der Waals surface area contributed by atoms with Crippen LogP contribution in [0.5, 0.6) is 0 Å². The highest BCUT2D eigenvalue weighted by molar-refractivity contribution is 5.16. The molecule has 0 N–H and O–H groups in total. The molecule has 0 aliphatic rings. The van der Waals surface area contributed by atoms with Gasteiger partial charge in [0.05, 0.1) is 0 Å². The van der Waals surface area contributed by atoms with Gasteiger partial charge in [-0.05, 0) is 16.7 Å². The SMILES string of the molecule is CC(C)/C(=C\C(C)(C)C)C(C)(C)C. The van der Waals surface area contributed by atoms with Crippen LogP contribution in [-0.2, 0) is 0 Å². The van der Waals surface area contributed by atoms with Gasteiger partial charge in [0.1, 0.15) is 0 Å².